The van der Waals surface area contributed by atoms with E-state index in [0.29, 0.717) is 38.4 Å². The molecule has 34 heavy (non-hydrogen) atoms. The number of benzene rings is 1. The van der Waals surface area contributed by atoms with Crippen molar-refractivity contribution in [1.82, 2.24) is 15.5 Å². The van der Waals surface area contributed by atoms with Crippen LogP contribution in [0.1, 0.15) is 71.3 Å². The van der Waals surface area contributed by atoms with Crippen LogP contribution in [0, 0.1) is 5.92 Å². The number of ether oxygens (including phenoxy) is 2. The summed E-state index contributed by atoms with van der Waals surface area (Å²) in [7, 11) is 0. The Kier molecular flexibility index (Phi) is 8.80. The van der Waals surface area contributed by atoms with Crippen molar-refractivity contribution >= 4 is 18.1 Å². The summed E-state index contributed by atoms with van der Waals surface area (Å²) >= 11 is 0. The zero-order valence-electron chi connectivity index (χ0n) is 20.7. The molecule has 2 fully saturated rings. The first kappa shape index (κ1) is 25.8. The van der Waals surface area contributed by atoms with E-state index in [2.05, 4.69) is 10.6 Å². The van der Waals surface area contributed by atoms with E-state index in [-0.39, 0.29) is 12.5 Å². The minimum atomic E-state index is -1.12. The number of hydrogen-bond acceptors (Lipinski definition) is 5. The Labute approximate surface area is 202 Å². The van der Waals surface area contributed by atoms with Crippen LogP contribution in [0.15, 0.2) is 30.3 Å². The number of likely N-dealkylation sites (tertiary alicyclic amines) is 1. The lowest BCUT2D eigenvalue weighted by molar-refractivity contribution is -0.130. The maximum Gasteiger partial charge on any atom is 0.410 e. The van der Waals surface area contributed by atoms with Gasteiger partial charge < -0.3 is 25.0 Å². The van der Waals surface area contributed by atoms with Gasteiger partial charge in [-0.05, 0) is 57.9 Å². The number of alkyl carbamates (subject to hydrolysis) is 1. The van der Waals surface area contributed by atoms with Gasteiger partial charge in [0.2, 0.25) is 5.91 Å². The van der Waals surface area contributed by atoms with Crippen LogP contribution in [0.2, 0.25) is 0 Å². The second-order valence-corrected chi connectivity index (χ2v) is 10.5. The summed E-state index contributed by atoms with van der Waals surface area (Å²) in [6, 6.07) is 9.50. The highest BCUT2D eigenvalue weighted by atomic mass is 16.6. The van der Waals surface area contributed by atoms with Crippen LogP contribution in [0.5, 0.6) is 0 Å². The summed E-state index contributed by atoms with van der Waals surface area (Å²) in [6.07, 6.45) is 5.43. The third-order valence-electron chi connectivity index (χ3n) is 6.53. The first-order chi connectivity index (χ1) is 16.2. The Hall–Kier alpha value is -2.77. The van der Waals surface area contributed by atoms with Gasteiger partial charge in [-0.25, -0.2) is 9.59 Å². The third-order valence-corrected chi connectivity index (χ3v) is 6.53. The molecule has 0 bridgehead atoms. The molecule has 1 heterocycles. The lowest BCUT2D eigenvalue weighted by Crippen LogP contribution is -2.64. The Morgan fingerprint density at radius 2 is 1.68 bits per heavy atom. The minimum Gasteiger partial charge on any atom is -0.445 e. The van der Waals surface area contributed by atoms with E-state index in [4.69, 9.17) is 9.47 Å². The van der Waals surface area contributed by atoms with E-state index in [1.165, 1.54) is 19.3 Å². The minimum absolute atomic E-state index is 0.194. The van der Waals surface area contributed by atoms with E-state index >= 15 is 0 Å². The first-order valence-corrected chi connectivity index (χ1v) is 12.4. The molecular weight excluding hydrogens is 434 g/mol. The molecule has 1 aromatic rings. The highest BCUT2D eigenvalue weighted by Crippen LogP contribution is 2.26. The van der Waals surface area contributed by atoms with Crippen LogP contribution >= 0.6 is 0 Å². The Morgan fingerprint density at radius 3 is 2.29 bits per heavy atom. The van der Waals surface area contributed by atoms with Gasteiger partial charge in [0.15, 0.2) is 0 Å². The highest BCUT2D eigenvalue weighted by Gasteiger charge is 2.44. The summed E-state index contributed by atoms with van der Waals surface area (Å²) in [6.45, 7) is 6.77. The summed E-state index contributed by atoms with van der Waals surface area (Å²) in [5.74, 6) is 0.269. The molecule has 1 aromatic carbocycles. The van der Waals surface area contributed by atoms with Crippen LogP contribution < -0.4 is 10.6 Å². The molecule has 3 rings (SSSR count). The van der Waals surface area contributed by atoms with Gasteiger partial charge in [0.05, 0.1) is 0 Å². The summed E-state index contributed by atoms with van der Waals surface area (Å²) in [5, 5.41) is 5.92. The average Bonchev–Trinajstić information content (AvgIpc) is 2.81. The van der Waals surface area contributed by atoms with Crippen LogP contribution in [0.3, 0.4) is 0 Å². The molecule has 0 radical (unpaired) electrons. The van der Waals surface area contributed by atoms with Gasteiger partial charge >= 0.3 is 12.2 Å². The standard InChI is InChI=1S/C26H39N3O5/c1-25(2,3)34-23(31)28-26(22(30)27-18-20-10-6-4-7-11-20)14-16-29(17-15-26)24(32)33-19-21-12-8-5-9-13-21/h5,8-9,12-13,20H,4,6-7,10-11,14-19H2,1-3H3,(H,27,30)(H,28,31). The van der Waals surface area contributed by atoms with E-state index in [1.54, 1.807) is 25.7 Å². The molecule has 0 unspecified atom stereocenters. The molecule has 2 aliphatic rings. The topological polar surface area (TPSA) is 97.0 Å². The first-order valence-electron chi connectivity index (χ1n) is 12.4. The van der Waals surface area contributed by atoms with Crippen molar-refractivity contribution in [2.24, 2.45) is 5.92 Å². The molecule has 8 nitrogen and oxygen atoms in total. The molecule has 0 aromatic heterocycles. The van der Waals surface area contributed by atoms with Crippen molar-refractivity contribution in [3.8, 4) is 0 Å². The number of amides is 3. The smallest absolute Gasteiger partial charge is 0.410 e. The Balaban J connectivity index is 1.60. The molecule has 0 atom stereocenters. The predicted octanol–water partition coefficient (Wildman–Crippen LogP) is 4.38. The van der Waals surface area contributed by atoms with E-state index in [1.807, 2.05) is 30.3 Å². The van der Waals surface area contributed by atoms with E-state index < -0.39 is 23.3 Å². The number of rotatable bonds is 6. The van der Waals surface area contributed by atoms with Crippen molar-refractivity contribution in [3.63, 3.8) is 0 Å². The van der Waals surface area contributed by atoms with Gasteiger partial charge in [-0.1, -0.05) is 49.6 Å². The Morgan fingerprint density at radius 1 is 1.03 bits per heavy atom. The molecular formula is C26H39N3O5. The molecule has 2 N–H and O–H groups in total. The monoisotopic (exact) mass is 473 g/mol. The van der Waals surface area contributed by atoms with Crippen molar-refractivity contribution in [2.75, 3.05) is 19.6 Å². The second kappa shape index (κ2) is 11.6. The predicted molar refractivity (Wildman–Crippen MR) is 129 cm³/mol. The van der Waals surface area contributed by atoms with Crippen LogP contribution in [-0.2, 0) is 20.9 Å². The molecule has 1 aliphatic carbocycles. The van der Waals surface area contributed by atoms with Gasteiger partial charge in [0.1, 0.15) is 17.7 Å². The number of nitrogens with one attached hydrogen (secondary N) is 2. The van der Waals surface area contributed by atoms with E-state index in [9.17, 15) is 14.4 Å². The molecule has 188 valence electrons. The summed E-state index contributed by atoms with van der Waals surface area (Å²) in [5.41, 5.74) is -0.880. The molecule has 0 spiro atoms. The van der Waals surface area contributed by atoms with Crippen LogP contribution in [0.25, 0.3) is 0 Å². The number of carbonyl (C=O) groups is 3. The molecule has 1 aliphatic heterocycles. The van der Waals surface area contributed by atoms with Crippen molar-refractivity contribution < 1.29 is 23.9 Å². The Bertz CT molecular complexity index is 823. The average molecular weight is 474 g/mol. The second-order valence-electron chi connectivity index (χ2n) is 10.5. The van der Waals surface area contributed by atoms with Gasteiger partial charge in [0.25, 0.3) is 0 Å². The van der Waals surface area contributed by atoms with Gasteiger partial charge in [-0.2, -0.15) is 0 Å². The van der Waals surface area contributed by atoms with Crippen LogP contribution in [0.4, 0.5) is 9.59 Å². The fraction of sp³-hybridized carbons (Fsp3) is 0.654. The quantitative estimate of drug-likeness (QED) is 0.639. The molecule has 1 saturated heterocycles. The van der Waals surface area contributed by atoms with Crippen molar-refractivity contribution in [2.45, 2.75) is 83.5 Å². The van der Waals surface area contributed by atoms with Gasteiger partial charge in [-0.3, -0.25) is 4.79 Å². The van der Waals surface area contributed by atoms with Crippen LogP contribution in [-0.4, -0.2) is 53.8 Å². The number of nitrogens with zero attached hydrogens (tertiary/aromatic N) is 1. The molecule has 8 heteroatoms. The lowest BCUT2D eigenvalue weighted by Gasteiger charge is -2.41. The summed E-state index contributed by atoms with van der Waals surface area (Å²) in [4.78, 5) is 40.1. The van der Waals surface area contributed by atoms with Crippen molar-refractivity contribution in [3.05, 3.63) is 35.9 Å². The highest BCUT2D eigenvalue weighted by molar-refractivity contribution is 5.90. The third kappa shape index (κ3) is 7.64. The number of piperidine rings is 1. The maximum atomic E-state index is 13.3. The zero-order valence-corrected chi connectivity index (χ0v) is 20.7. The summed E-state index contributed by atoms with van der Waals surface area (Å²) < 4.78 is 10.9. The van der Waals surface area contributed by atoms with Gasteiger partial charge in [-0.15, -0.1) is 0 Å². The van der Waals surface area contributed by atoms with E-state index in [0.717, 1.165) is 18.4 Å². The zero-order chi connectivity index (χ0) is 24.6. The number of carbonyl (C=O) groups excluding carboxylic acids is 3. The SMILES string of the molecule is CC(C)(C)OC(=O)NC1(C(=O)NCC2CCCCC2)CCN(C(=O)OCc2ccccc2)CC1. The fourth-order valence-corrected chi connectivity index (χ4v) is 4.59. The molecule has 3 amide bonds. The van der Waals surface area contributed by atoms with Gasteiger partial charge in [0, 0.05) is 19.6 Å². The lowest BCUT2D eigenvalue weighted by atomic mass is 9.85. The maximum absolute atomic E-state index is 13.3. The number of hydrogen-bond donors (Lipinski definition) is 2. The largest absolute Gasteiger partial charge is 0.445 e. The fourth-order valence-electron chi connectivity index (χ4n) is 4.59. The molecule has 1 saturated carbocycles. The van der Waals surface area contributed by atoms with Crippen molar-refractivity contribution in [1.29, 1.82) is 0 Å². The normalized spacial score (nSPS) is 18.6.